The molecule has 1 aromatic carbocycles. The molecule has 1 aromatic rings. The van der Waals surface area contributed by atoms with Gasteiger partial charge in [-0.15, -0.1) is 11.8 Å². The highest BCUT2D eigenvalue weighted by Gasteiger charge is 2.39. The number of carbonyl (C=O) groups is 1. The van der Waals surface area contributed by atoms with Crippen LogP contribution in [0.3, 0.4) is 0 Å². The number of ether oxygens (including phenoxy) is 1. The van der Waals surface area contributed by atoms with E-state index in [1.807, 2.05) is 30.3 Å². The minimum atomic E-state index is -1.19. The summed E-state index contributed by atoms with van der Waals surface area (Å²) in [7, 11) is 0. The van der Waals surface area contributed by atoms with E-state index in [9.17, 15) is 15.0 Å². The Morgan fingerprint density at radius 1 is 1.28 bits per heavy atom. The highest BCUT2D eigenvalue weighted by molar-refractivity contribution is 7.99. The zero-order chi connectivity index (χ0) is 13.1. The molecule has 0 bridgehead atoms. The summed E-state index contributed by atoms with van der Waals surface area (Å²) in [6, 6.07) is 9.38. The number of thioether (sulfide) groups is 1. The molecule has 5 nitrogen and oxygen atoms in total. The van der Waals surface area contributed by atoms with Gasteiger partial charge in [-0.3, -0.25) is 0 Å². The van der Waals surface area contributed by atoms with Crippen LogP contribution in [0.1, 0.15) is 0 Å². The summed E-state index contributed by atoms with van der Waals surface area (Å²) >= 11 is 1.36. The summed E-state index contributed by atoms with van der Waals surface area (Å²) in [6.07, 6.45) is -2.27. The smallest absolute Gasteiger partial charge is 0.377 e. The van der Waals surface area contributed by atoms with Crippen molar-refractivity contribution in [3.63, 3.8) is 0 Å². The highest BCUT2D eigenvalue weighted by Crippen LogP contribution is 2.25. The fourth-order valence-electron chi connectivity index (χ4n) is 1.51. The molecule has 2 atom stereocenters. The van der Waals surface area contributed by atoms with E-state index in [-0.39, 0.29) is 5.75 Å². The third kappa shape index (κ3) is 2.60. The van der Waals surface area contributed by atoms with Crippen molar-refractivity contribution in [3.8, 4) is 0 Å². The normalized spacial score (nSPS) is 20.9. The maximum atomic E-state index is 11.0. The summed E-state index contributed by atoms with van der Waals surface area (Å²) in [5.74, 6) is -2.22. The van der Waals surface area contributed by atoms with Gasteiger partial charge in [0.1, 0.15) is 6.10 Å². The highest BCUT2D eigenvalue weighted by atomic mass is 32.2. The standard InChI is InChI=1S/C12H12O5S/c13-8(6-18-7-4-2-1-3-5-7)11-9(14)10(15)12(16)17-11/h1-5,8,11,13-15H,6H2/t8-,11+/m0/s1. The Bertz CT molecular complexity index is 471. The number of esters is 1. The van der Waals surface area contributed by atoms with Crippen molar-refractivity contribution in [1.82, 2.24) is 0 Å². The number of hydrogen-bond donors (Lipinski definition) is 3. The number of hydrogen-bond acceptors (Lipinski definition) is 6. The number of aliphatic hydroxyl groups is 3. The van der Waals surface area contributed by atoms with Gasteiger partial charge < -0.3 is 20.1 Å². The van der Waals surface area contributed by atoms with Crippen molar-refractivity contribution >= 4 is 17.7 Å². The lowest BCUT2D eigenvalue weighted by atomic mass is 10.2. The average Bonchev–Trinajstić information content (AvgIpc) is 2.65. The minimum absolute atomic E-state index is 0.235. The van der Waals surface area contributed by atoms with Crippen LogP contribution in [0.25, 0.3) is 0 Å². The Kier molecular flexibility index (Phi) is 3.78. The second kappa shape index (κ2) is 5.32. The molecule has 1 heterocycles. The van der Waals surface area contributed by atoms with Gasteiger partial charge in [-0.1, -0.05) is 18.2 Å². The fraction of sp³-hybridized carbons (Fsp3) is 0.250. The predicted molar refractivity (Wildman–Crippen MR) is 65.3 cm³/mol. The lowest BCUT2D eigenvalue weighted by Crippen LogP contribution is -2.30. The summed E-state index contributed by atoms with van der Waals surface area (Å²) in [4.78, 5) is 11.9. The van der Waals surface area contributed by atoms with Crippen LogP contribution in [-0.2, 0) is 9.53 Å². The molecule has 0 saturated carbocycles. The Labute approximate surface area is 108 Å². The summed E-state index contributed by atoms with van der Waals surface area (Å²) < 4.78 is 4.66. The number of carbonyl (C=O) groups excluding carboxylic acids is 1. The monoisotopic (exact) mass is 268 g/mol. The van der Waals surface area contributed by atoms with E-state index >= 15 is 0 Å². The summed E-state index contributed by atoms with van der Waals surface area (Å²) in [6.45, 7) is 0. The quantitative estimate of drug-likeness (QED) is 0.565. The van der Waals surface area contributed by atoms with Gasteiger partial charge in [0.2, 0.25) is 5.76 Å². The molecule has 0 saturated heterocycles. The summed E-state index contributed by atoms with van der Waals surface area (Å²) in [5.41, 5.74) is 0. The molecule has 0 amide bonds. The average molecular weight is 268 g/mol. The lowest BCUT2D eigenvalue weighted by Gasteiger charge is -2.16. The van der Waals surface area contributed by atoms with Gasteiger partial charge in [-0.05, 0) is 12.1 Å². The molecular weight excluding hydrogens is 256 g/mol. The molecule has 1 aliphatic heterocycles. The SMILES string of the molecule is O=C1O[C@H]([C@@H](O)CSc2ccccc2)C(O)=C1O. The third-order valence-electron chi connectivity index (χ3n) is 2.45. The van der Waals surface area contributed by atoms with Crippen molar-refractivity contribution in [2.75, 3.05) is 5.75 Å². The maximum absolute atomic E-state index is 11.0. The van der Waals surface area contributed by atoms with Crippen LogP contribution in [-0.4, -0.2) is 39.2 Å². The molecule has 0 spiro atoms. The van der Waals surface area contributed by atoms with Crippen molar-refractivity contribution in [2.45, 2.75) is 17.1 Å². The van der Waals surface area contributed by atoms with Gasteiger partial charge in [0, 0.05) is 10.6 Å². The van der Waals surface area contributed by atoms with Crippen LogP contribution in [0.4, 0.5) is 0 Å². The van der Waals surface area contributed by atoms with Crippen LogP contribution in [0, 0.1) is 0 Å². The van der Waals surface area contributed by atoms with Gasteiger partial charge in [0.25, 0.3) is 0 Å². The van der Waals surface area contributed by atoms with E-state index in [0.29, 0.717) is 0 Å². The van der Waals surface area contributed by atoms with E-state index in [1.54, 1.807) is 0 Å². The first-order valence-corrected chi connectivity index (χ1v) is 6.27. The Hall–Kier alpha value is -1.66. The minimum Gasteiger partial charge on any atom is -0.505 e. The Morgan fingerprint density at radius 3 is 2.50 bits per heavy atom. The van der Waals surface area contributed by atoms with E-state index in [0.717, 1.165) is 4.90 Å². The summed E-state index contributed by atoms with van der Waals surface area (Å²) in [5, 5.41) is 28.3. The largest absolute Gasteiger partial charge is 0.505 e. The molecule has 96 valence electrons. The zero-order valence-corrected chi connectivity index (χ0v) is 10.1. The van der Waals surface area contributed by atoms with E-state index in [2.05, 4.69) is 4.74 Å². The van der Waals surface area contributed by atoms with E-state index in [4.69, 9.17) is 5.11 Å². The van der Waals surface area contributed by atoms with Crippen molar-refractivity contribution in [2.24, 2.45) is 0 Å². The van der Waals surface area contributed by atoms with Crippen molar-refractivity contribution in [3.05, 3.63) is 41.9 Å². The Balaban J connectivity index is 1.94. The molecule has 0 fully saturated rings. The molecule has 0 unspecified atom stereocenters. The second-order valence-corrected chi connectivity index (χ2v) is 4.84. The first-order valence-electron chi connectivity index (χ1n) is 5.28. The third-order valence-corrected chi connectivity index (χ3v) is 3.57. The van der Waals surface area contributed by atoms with Gasteiger partial charge in [-0.2, -0.15) is 0 Å². The predicted octanol–water partition coefficient (Wildman–Crippen LogP) is 1.39. The topological polar surface area (TPSA) is 87.0 Å². The molecule has 0 radical (unpaired) electrons. The maximum Gasteiger partial charge on any atom is 0.377 e. The van der Waals surface area contributed by atoms with Crippen LogP contribution in [0.15, 0.2) is 46.7 Å². The first-order chi connectivity index (χ1) is 8.59. The van der Waals surface area contributed by atoms with Gasteiger partial charge in [0.05, 0.1) is 0 Å². The van der Waals surface area contributed by atoms with Crippen LogP contribution in [0.2, 0.25) is 0 Å². The van der Waals surface area contributed by atoms with Crippen LogP contribution in [0.5, 0.6) is 0 Å². The second-order valence-electron chi connectivity index (χ2n) is 3.75. The van der Waals surface area contributed by atoms with E-state index in [1.165, 1.54) is 11.8 Å². The molecule has 18 heavy (non-hydrogen) atoms. The first kappa shape index (κ1) is 12.8. The van der Waals surface area contributed by atoms with Crippen molar-refractivity contribution < 1.29 is 24.9 Å². The number of cyclic esters (lactones) is 1. The van der Waals surface area contributed by atoms with E-state index < -0.39 is 29.7 Å². The van der Waals surface area contributed by atoms with Crippen LogP contribution < -0.4 is 0 Å². The number of rotatable bonds is 4. The molecular formula is C12H12O5S. The molecule has 6 heteroatoms. The molecule has 0 aromatic heterocycles. The molecule has 0 aliphatic carbocycles. The fourth-order valence-corrected chi connectivity index (χ4v) is 2.40. The Morgan fingerprint density at radius 2 is 1.94 bits per heavy atom. The van der Waals surface area contributed by atoms with Gasteiger partial charge >= 0.3 is 5.97 Å². The van der Waals surface area contributed by atoms with Crippen molar-refractivity contribution in [1.29, 1.82) is 0 Å². The molecule has 2 rings (SSSR count). The molecule has 3 N–H and O–H groups in total. The van der Waals surface area contributed by atoms with Gasteiger partial charge in [-0.25, -0.2) is 4.79 Å². The van der Waals surface area contributed by atoms with Gasteiger partial charge in [0.15, 0.2) is 11.9 Å². The number of aliphatic hydroxyl groups excluding tert-OH is 3. The van der Waals surface area contributed by atoms with Crippen LogP contribution >= 0.6 is 11.8 Å². The lowest BCUT2D eigenvalue weighted by molar-refractivity contribution is -0.146. The number of benzene rings is 1. The zero-order valence-electron chi connectivity index (χ0n) is 9.31. The molecule has 1 aliphatic rings.